The van der Waals surface area contributed by atoms with Gasteiger partial charge in [-0.1, -0.05) is 25.7 Å². The van der Waals surface area contributed by atoms with Crippen LogP contribution in [0.2, 0.25) is 0 Å². The van der Waals surface area contributed by atoms with Crippen molar-refractivity contribution < 1.29 is 26.3 Å². The predicted octanol–water partition coefficient (Wildman–Crippen LogP) is 6.50. The summed E-state index contributed by atoms with van der Waals surface area (Å²) in [6, 6.07) is 0. The summed E-state index contributed by atoms with van der Waals surface area (Å²) in [5.74, 6) is -3.59. The van der Waals surface area contributed by atoms with E-state index in [0.717, 1.165) is 12.8 Å². The first-order chi connectivity index (χ1) is 10.2. The molecule has 2 saturated carbocycles. The van der Waals surface area contributed by atoms with Gasteiger partial charge in [-0.25, -0.2) is 0 Å². The third-order valence-corrected chi connectivity index (χ3v) is 5.57. The molecule has 0 amide bonds. The molecule has 22 heavy (non-hydrogen) atoms. The minimum absolute atomic E-state index is 0.140. The van der Waals surface area contributed by atoms with E-state index < -0.39 is 36.0 Å². The maximum Gasteiger partial charge on any atom is 0.392 e. The molecule has 0 aromatic carbocycles. The first-order valence-corrected chi connectivity index (χ1v) is 8.33. The molecule has 130 valence electrons. The summed E-state index contributed by atoms with van der Waals surface area (Å²) in [6.07, 6.45) is -3.84. The van der Waals surface area contributed by atoms with Crippen molar-refractivity contribution >= 4 is 0 Å². The fourth-order valence-electron chi connectivity index (χ4n) is 4.40. The highest BCUT2D eigenvalue weighted by Crippen LogP contribution is 2.47. The van der Waals surface area contributed by atoms with Crippen LogP contribution >= 0.6 is 0 Å². The number of rotatable bonds is 3. The molecule has 0 aromatic rings. The molecule has 2 aliphatic carbocycles. The van der Waals surface area contributed by atoms with Crippen LogP contribution < -0.4 is 0 Å². The molecular formula is C16H24F6. The zero-order chi connectivity index (χ0) is 16.4. The lowest BCUT2D eigenvalue weighted by atomic mass is 9.71. The first kappa shape index (κ1) is 17.9. The molecule has 0 nitrogen and oxygen atoms in total. The van der Waals surface area contributed by atoms with Gasteiger partial charge in [-0.15, -0.1) is 0 Å². The average Bonchev–Trinajstić information content (AvgIpc) is 2.44. The summed E-state index contributed by atoms with van der Waals surface area (Å²) in [6.45, 7) is 0. The van der Waals surface area contributed by atoms with Crippen molar-refractivity contribution in [3.05, 3.63) is 0 Å². The standard InChI is InChI=1S/C16H24F6/c17-15(18,19)13-7-3-1-5-11(13)9-10-12-6-2-4-8-14(12)16(20,21)22/h11-14H,1-10H2. The van der Waals surface area contributed by atoms with Crippen LogP contribution in [0.3, 0.4) is 0 Å². The van der Waals surface area contributed by atoms with E-state index in [1.54, 1.807) is 0 Å². The van der Waals surface area contributed by atoms with Crippen LogP contribution in [0.5, 0.6) is 0 Å². The zero-order valence-corrected chi connectivity index (χ0v) is 12.6. The van der Waals surface area contributed by atoms with Crippen LogP contribution in [0, 0.1) is 23.7 Å². The minimum Gasteiger partial charge on any atom is -0.171 e. The van der Waals surface area contributed by atoms with Gasteiger partial charge < -0.3 is 0 Å². The molecule has 0 heterocycles. The van der Waals surface area contributed by atoms with Crippen LogP contribution in [0.1, 0.15) is 64.2 Å². The molecule has 4 unspecified atom stereocenters. The summed E-state index contributed by atoms with van der Waals surface area (Å²) in [5, 5.41) is 0. The topological polar surface area (TPSA) is 0 Å². The van der Waals surface area contributed by atoms with E-state index >= 15 is 0 Å². The van der Waals surface area contributed by atoms with Crippen LogP contribution in [0.15, 0.2) is 0 Å². The lowest BCUT2D eigenvalue weighted by Gasteiger charge is -2.37. The van der Waals surface area contributed by atoms with E-state index in [4.69, 9.17) is 0 Å². The number of alkyl halides is 6. The van der Waals surface area contributed by atoms with Crippen molar-refractivity contribution in [1.82, 2.24) is 0 Å². The monoisotopic (exact) mass is 330 g/mol. The molecule has 0 aliphatic heterocycles. The zero-order valence-electron chi connectivity index (χ0n) is 12.6. The predicted molar refractivity (Wildman–Crippen MR) is 72.2 cm³/mol. The molecule has 0 saturated heterocycles. The molecule has 2 fully saturated rings. The van der Waals surface area contributed by atoms with E-state index in [9.17, 15) is 26.3 Å². The Morgan fingerprint density at radius 2 is 0.864 bits per heavy atom. The minimum atomic E-state index is -4.21. The Morgan fingerprint density at radius 1 is 0.545 bits per heavy atom. The highest BCUT2D eigenvalue weighted by molar-refractivity contribution is 4.85. The molecule has 0 N–H and O–H groups in total. The van der Waals surface area contributed by atoms with E-state index in [-0.39, 0.29) is 12.8 Å². The number of hydrogen-bond donors (Lipinski definition) is 0. The molecule has 0 radical (unpaired) electrons. The van der Waals surface area contributed by atoms with E-state index in [2.05, 4.69) is 0 Å². The summed E-state index contributed by atoms with van der Waals surface area (Å²) in [7, 11) is 0. The Balaban J connectivity index is 1.94. The van der Waals surface area contributed by atoms with Crippen LogP contribution in [0.25, 0.3) is 0 Å². The molecule has 6 heteroatoms. The normalized spacial score (nSPS) is 34.6. The molecule has 0 aromatic heterocycles. The summed E-state index contributed by atoms with van der Waals surface area (Å²) >= 11 is 0. The molecule has 2 aliphatic rings. The molecular weight excluding hydrogens is 306 g/mol. The second-order valence-electron chi connectivity index (χ2n) is 6.96. The largest absolute Gasteiger partial charge is 0.392 e. The average molecular weight is 330 g/mol. The lowest BCUT2D eigenvalue weighted by Crippen LogP contribution is -2.35. The fraction of sp³-hybridized carbons (Fsp3) is 1.00. The van der Waals surface area contributed by atoms with Crippen LogP contribution in [-0.4, -0.2) is 12.4 Å². The van der Waals surface area contributed by atoms with Crippen molar-refractivity contribution in [3.63, 3.8) is 0 Å². The molecule has 2 rings (SSSR count). The Labute approximate surface area is 127 Å². The smallest absolute Gasteiger partial charge is 0.171 e. The second-order valence-corrected chi connectivity index (χ2v) is 6.96. The van der Waals surface area contributed by atoms with Crippen molar-refractivity contribution in [1.29, 1.82) is 0 Å². The second kappa shape index (κ2) is 7.00. The molecule has 0 bridgehead atoms. The van der Waals surface area contributed by atoms with E-state index in [0.29, 0.717) is 38.5 Å². The SMILES string of the molecule is FC(F)(F)C1CCCCC1CCC1CCCCC1C(F)(F)F. The maximum atomic E-state index is 13.0. The molecule has 4 atom stereocenters. The van der Waals surface area contributed by atoms with Crippen molar-refractivity contribution in [2.24, 2.45) is 23.7 Å². The van der Waals surface area contributed by atoms with Crippen molar-refractivity contribution in [2.45, 2.75) is 76.6 Å². The van der Waals surface area contributed by atoms with Crippen molar-refractivity contribution in [3.8, 4) is 0 Å². The highest BCUT2D eigenvalue weighted by Gasteiger charge is 2.47. The summed E-state index contributed by atoms with van der Waals surface area (Å²) < 4.78 is 78.3. The molecule has 0 spiro atoms. The van der Waals surface area contributed by atoms with Gasteiger partial charge in [0.1, 0.15) is 0 Å². The van der Waals surface area contributed by atoms with Gasteiger partial charge >= 0.3 is 12.4 Å². The van der Waals surface area contributed by atoms with Gasteiger partial charge in [0.2, 0.25) is 0 Å². The third kappa shape index (κ3) is 4.54. The Morgan fingerprint density at radius 3 is 1.18 bits per heavy atom. The lowest BCUT2D eigenvalue weighted by molar-refractivity contribution is -0.204. The van der Waals surface area contributed by atoms with Gasteiger partial charge in [-0.3, -0.25) is 0 Å². The van der Waals surface area contributed by atoms with E-state index in [1.165, 1.54) is 0 Å². The van der Waals surface area contributed by atoms with Gasteiger partial charge in [-0.05, 0) is 50.4 Å². The fourth-order valence-corrected chi connectivity index (χ4v) is 4.40. The number of halogens is 6. The van der Waals surface area contributed by atoms with Gasteiger partial charge in [0, 0.05) is 0 Å². The quantitative estimate of drug-likeness (QED) is 0.518. The maximum absolute atomic E-state index is 13.0. The Bertz CT molecular complexity index is 312. The van der Waals surface area contributed by atoms with Gasteiger partial charge in [0.05, 0.1) is 11.8 Å². The highest BCUT2D eigenvalue weighted by atomic mass is 19.4. The summed E-state index contributed by atoms with van der Waals surface area (Å²) in [5.41, 5.74) is 0. The van der Waals surface area contributed by atoms with Crippen LogP contribution in [-0.2, 0) is 0 Å². The first-order valence-electron chi connectivity index (χ1n) is 8.33. The Kier molecular flexibility index (Phi) is 5.70. The summed E-state index contributed by atoms with van der Waals surface area (Å²) in [4.78, 5) is 0. The number of hydrogen-bond acceptors (Lipinski definition) is 0. The van der Waals surface area contributed by atoms with Gasteiger partial charge in [0.25, 0.3) is 0 Å². The third-order valence-electron chi connectivity index (χ3n) is 5.57. The Hall–Kier alpha value is -0.420. The van der Waals surface area contributed by atoms with Gasteiger partial charge in [0.15, 0.2) is 0 Å². The van der Waals surface area contributed by atoms with Gasteiger partial charge in [-0.2, -0.15) is 26.3 Å². The van der Waals surface area contributed by atoms with Crippen LogP contribution in [0.4, 0.5) is 26.3 Å². The van der Waals surface area contributed by atoms with E-state index in [1.807, 2.05) is 0 Å². The van der Waals surface area contributed by atoms with Crippen molar-refractivity contribution in [2.75, 3.05) is 0 Å².